The van der Waals surface area contributed by atoms with E-state index < -0.39 is 0 Å². The minimum atomic E-state index is 0.857. The van der Waals surface area contributed by atoms with Gasteiger partial charge in [0, 0.05) is 12.7 Å². The molecule has 2 N–H and O–H groups in total. The highest BCUT2D eigenvalue weighted by atomic mass is 32.1. The Morgan fingerprint density at radius 1 is 1.35 bits per heavy atom. The SMILES string of the molecule is CCCCCCN(N)c1nc2cccnc2s1. The third kappa shape index (κ3) is 3.14. The van der Waals surface area contributed by atoms with E-state index in [1.807, 2.05) is 12.1 Å². The fraction of sp³-hybridized carbons (Fsp3) is 0.500. The van der Waals surface area contributed by atoms with Gasteiger partial charge in [-0.05, 0) is 18.6 Å². The second kappa shape index (κ2) is 5.93. The molecule has 2 heterocycles. The monoisotopic (exact) mass is 250 g/mol. The van der Waals surface area contributed by atoms with Crippen LogP contribution in [0.2, 0.25) is 0 Å². The molecule has 0 bridgehead atoms. The van der Waals surface area contributed by atoms with Crippen LogP contribution in [0.15, 0.2) is 18.3 Å². The van der Waals surface area contributed by atoms with E-state index in [9.17, 15) is 0 Å². The number of anilines is 1. The Morgan fingerprint density at radius 3 is 3.00 bits per heavy atom. The fourth-order valence-corrected chi connectivity index (χ4v) is 2.54. The van der Waals surface area contributed by atoms with Gasteiger partial charge in [-0.25, -0.2) is 15.8 Å². The highest BCUT2D eigenvalue weighted by molar-refractivity contribution is 7.21. The molecule has 0 aliphatic heterocycles. The van der Waals surface area contributed by atoms with Crippen molar-refractivity contribution in [2.24, 2.45) is 5.84 Å². The number of nitrogens with zero attached hydrogens (tertiary/aromatic N) is 3. The van der Waals surface area contributed by atoms with E-state index in [0.29, 0.717) is 0 Å². The lowest BCUT2D eigenvalue weighted by Crippen LogP contribution is -2.31. The van der Waals surface area contributed by atoms with E-state index in [0.717, 1.165) is 28.4 Å². The van der Waals surface area contributed by atoms with E-state index in [-0.39, 0.29) is 0 Å². The van der Waals surface area contributed by atoms with E-state index >= 15 is 0 Å². The van der Waals surface area contributed by atoms with Crippen LogP contribution in [0.5, 0.6) is 0 Å². The largest absolute Gasteiger partial charge is 0.286 e. The van der Waals surface area contributed by atoms with Crippen molar-refractivity contribution in [2.45, 2.75) is 32.6 Å². The molecule has 5 heteroatoms. The number of pyridine rings is 1. The Bertz CT molecular complexity index is 435. The zero-order valence-electron chi connectivity index (χ0n) is 10.1. The first-order chi connectivity index (χ1) is 8.31. The van der Waals surface area contributed by atoms with Crippen molar-refractivity contribution in [3.05, 3.63) is 18.3 Å². The minimum absolute atomic E-state index is 0.857. The number of aromatic nitrogens is 2. The maximum Gasteiger partial charge on any atom is 0.202 e. The number of nitrogens with two attached hydrogens (primary N) is 1. The molecule has 0 aromatic carbocycles. The van der Waals surface area contributed by atoms with Gasteiger partial charge >= 0.3 is 0 Å². The van der Waals surface area contributed by atoms with Crippen LogP contribution in [-0.4, -0.2) is 16.5 Å². The first kappa shape index (κ1) is 12.3. The molecule has 0 atom stereocenters. The Labute approximate surface area is 105 Å². The summed E-state index contributed by atoms with van der Waals surface area (Å²) in [5, 5.41) is 2.59. The average Bonchev–Trinajstić information content (AvgIpc) is 2.78. The minimum Gasteiger partial charge on any atom is -0.286 e. The van der Waals surface area contributed by atoms with E-state index in [2.05, 4.69) is 16.9 Å². The second-order valence-electron chi connectivity index (χ2n) is 4.08. The van der Waals surface area contributed by atoms with Gasteiger partial charge in [-0.2, -0.15) is 0 Å². The van der Waals surface area contributed by atoms with Gasteiger partial charge in [0.25, 0.3) is 0 Å². The first-order valence-corrected chi connectivity index (χ1v) is 6.86. The summed E-state index contributed by atoms with van der Waals surface area (Å²) in [6.45, 7) is 3.07. The Morgan fingerprint density at radius 2 is 2.24 bits per heavy atom. The summed E-state index contributed by atoms with van der Waals surface area (Å²) in [7, 11) is 0. The summed E-state index contributed by atoms with van der Waals surface area (Å²) >= 11 is 1.55. The maximum atomic E-state index is 5.99. The smallest absolute Gasteiger partial charge is 0.202 e. The molecule has 2 rings (SSSR count). The van der Waals surface area contributed by atoms with Gasteiger partial charge in [-0.3, -0.25) is 5.01 Å². The molecule has 0 radical (unpaired) electrons. The molecular weight excluding hydrogens is 232 g/mol. The van der Waals surface area contributed by atoms with Crippen LogP contribution < -0.4 is 10.9 Å². The first-order valence-electron chi connectivity index (χ1n) is 6.05. The highest BCUT2D eigenvalue weighted by Crippen LogP contribution is 2.25. The summed E-state index contributed by atoms with van der Waals surface area (Å²) < 4.78 is 0. The van der Waals surface area contributed by atoms with E-state index in [1.54, 1.807) is 22.5 Å². The lowest BCUT2D eigenvalue weighted by Gasteiger charge is -2.14. The van der Waals surface area contributed by atoms with E-state index in [4.69, 9.17) is 5.84 Å². The molecule has 17 heavy (non-hydrogen) atoms. The van der Waals surface area contributed by atoms with Crippen molar-refractivity contribution in [1.29, 1.82) is 0 Å². The Balaban J connectivity index is 1.96. The van der Waals surface area contributed by atoms with Crippen LogP contribution >= 0.6 is 11.3 Å². The molecule has 92 valence electrons. The molecule has 0 aliphatic rings. The second-order valence-corrected chi connectivity index (χ2v) is 5.03. The zero-order valence-corrected chi connectivity index (χ0v) is 10.9. The van der Waals surface area contributed by atoms with Crippen LogP contribution in [0, 0.1) is 0 Å². The molecule has 0 fully saturated rings. The molecule has 0 aliphatic carbocycles. The van der Waals surface area contributed by atoms with Gasteiger partial charge in [0.05, 0.1) is 0 Å². The Hall–Kier alpha value is -1.20. The lowest BCUT2D eigenvalue weighted by molar-refractivity contribution is 0.650. The van der Waals surface area contributed by atoms with Crippen LogP contribution in [-0.2, 0) is 0 Å². The number of hydrogen-bond acceptors (Lipinski definition) is 5. The maximum absolute atomic E-state index is 5.99. The molecule has 0 unspecified atom stereocenters. The third-order valence-electron chi connectivity index (χ3n) is 2.65. The topological polar surface area (TPSA) is 55.0 Å². The van der Waals surface area contributed by atoms with Crippen LogP contribution in [0.4, 0.5) is 5.13 Å². The molecule has 2 aromatic heterocycles. The summed E-state index contributed by atoms with van der Waals surface area (Å²) in [4.78, 5) is 9.69. The summed E-state index contributed by atoms with van der Waals surface area (Å²) in [5.74, 6) is 5.99. The number of hydrogen-bond donors (Lipinski definition) is 1. The summed E-state index contributed by atoms with van der Waals surface area (Å²) in [6.07, 6.45) is 6.65. The number of hydrazine groups is 1. The molecular formula is C12H18N4S. The lowest BCUT2D eigenvalue weighted by atomic mass is 10.2. The van der Waals surface area contributed by atoms with Crippen LogP contribution in [0.3, 0.4) is 0 Å². The molecule has 0 spiro atoms. The fourth-order valence-electron chi connectivity index (χ4n) is 1.69. The predicted molar refractivity (Wildman–Crippen MR) is 73.1 cm³/mol. The van der Waals surface area contributed by atoms with Crippen molar-refractivity contribution in [3.8, 4) is 0 Å². The summed E-state index contributed by atoms with van der Waals surface area (Å²) in [6, 6.07) is 3.86. The average molecular weight is 250 g/mol. The predicted octanol–water partition coefficient (Wildman–Crippen LogP) is 2.95. The number of unbranched alkanes of at least 4 members (excludes halogenated alkanes) is 3. The highest BCUT2D eigenvalue weighted by Gasteiger charge is 2.08. The molecule has 0 saturated heterocycles. The van der Waals surface area contributed by atoms with Gasteiger partial charge in [-0.1, -0.05) is 37.5 Å². The van der Waals surface area contributed by atoms with Gasteiger partial charge in [0.2, 0.25) is 5.13 Å². The van der Waals surface area contributed by atoms with Gasteiger partial charge in [0.1, 0.15) is 10.3 Å². The van der Waals surface area contributed by atoms with Crippen molar-refractivity contribution in [2.75, 3.05) is 11.6 Å². The standard InChI is InChI=1S/C12H18N4S/c1-2-3-4-5-9-16(13)12-15-10-7-6-8-14-11(10)17-12/h6-8H,2-5,9,13H2,1H3. The molecule has 0 amide bonds. The van der Waals surface area contributed by atoms with Crippen molar-refractivity contribution in [3.63, 3.8) is 0 Å². The third-order valence-corrected chi connectivity index (χ3v) is 3.67. The van der Waals surface area contributed by atoms with Gasteiger partial charge in [0.15, 0.2) is 0 Å². The van der Waals surface area contributed by atoms with Gasteiger partial charge in [-0.15, -0.1) is 0 Å². The summed E-state index contributed by atoms with van der Waals surface area (Å²) in [5.41, 5.74) is 0.927. The van der Waals surface area contributed by atoms with E-state index in [1.165, 1.54) is 19.3 Å². The number of fused-ring (bicyclic) bond motifs is 1. The normalized spacial score (nSPS) is 10.9. The van der Waals surface area contributed by atoms with Crippen molar-refractivity contribution >= 4 is 26.8 Å². The zero-order chi connectivity index (χ0) is 12.1. The molecule has 0 saturated carbocycles. The molecule has 4 nitrogen and oxygen atoms in total. The van der Waals surface area contributed by atoms with Crippen molar-refractivity contribution in [1.82, 2.24) is 9.97 Å². The Kier molecular flexibility index (Phi) is 4.28. The van der Waals surface area contributed by atoms with Crippen LogP contribution in [0.1, 0.15) is 32.6 Å². The van der Waals surface area contributed by atoms with Gasteiger partial charge < -0.3 is 0 Å². The molecule has 2 aromatic rings. The quantitative estimate of drug-likeness (QED) is 0.486. The van der Waals surface area contributed by atoms with Crippen molar-refractivity contribution < 1.29 is 0 Å². The number of rotatable bonds is 6. The number of thiazole rings is 1. The van der Waals surface area contributed by atoms with Crippen LogP contribution in [0.25, 0.3) is 10.3 Å².